The lowest BCUT2D eigenvalue weighted by Crippen LogP contribution is -2.14. The Morgan fingerprint density at radius 1 is 1.58 bits per heavy atom. The molecule has 0 amide bonds. The fourth-order valence-corrected chi connectivity index (χ4v) is 2.03. The third-order valence-corrected chi connectivity index (χ3v) is 2.93. The van der Waals surface area contributed by atoms with Crippen molar-refractivity contribution in [1.82, 2.24) is 0 Å². The van der Waals surface area contributed by atoms with Crippen LogP contribution >= 0.6 is 0 Å². The first kappa shape index (κ1) is 9.79. The van der Waals surface area contributed by atoms with Crippen LogP contribution in [0.4, 0.5) is 0 Å². The van der Waals surface area contributed by atoms with Gasteiger partial charge in [-0.3, -0.25) is 0 Å². The number of hydrogen-bond acceptors (Lipinski definition) is 1. The molecule has 1 aliphatic rings. The van der Waals surface area contributed by atoms with Gasteiger partial charge in [0.15, 0.2) is 0 Å². The van der Waals surface area contributed by atoms with Gasteiger partial charge in [-0.05, 0) is 51.0 Å². The topological polar surface area (TPSA) is 26.0 Å². The number of allylic oxidation sites excluding steroid dienone is 2. The highest BCUT2D eigenvalue weighted by molar-refractivity contribution is 5.07. The molecule has 1 nitrogen and oxygen atoms in total. The summed E-state index contributed by atoms with van der Waals surface area (Å²) >= 11 is 0. The SMILES string of the molecule is CC1=CCC(C)CC1CCCN. The van der Waals surface area contributed by atoms with Crippen LogP contribution in [0, 0.1) is 11.8 Å². The van der Waals surface area contributed by atoms with E-state index in [1.807, 2.05) is 0 Å². The summed E-state index contributed by atoms with van der Waals surface area (Å²) in [5.74, 6) is 1.72. The maximum atomic E-state index is 5.51. The maximum absolute atomic E-state index is 5.51. The van der Waals surface area contributed by atoms with Crippen LogP contribution in [-0.4, -0.2) is 6.54 Å². The van der Waals surface area contributed by atoms with Gasteiger partial charge in [0, 0.05) is 0 Å². The minimum Gasteiger partial charge on any atom is -0.330 e. The Labute approximate surface area is 76.0 Å². The second-order valence-corrected chi connectivity index (χ2v) is 4.15. The fourth-order valence-electron chi connectivity index (χ4n) is 2.03. The van der Waals surface area contributed by atoms with Crippen molar-refractivity contribution in [3.05, 3.63) is 11.6 Å². The van der Waals surface area contributed by atoms with E-state index in [0.717, 1.165) is 18.4 Å². The van der Waals surface area contributed by atoms with Crippen molar-refractivity contribution in [2.75, 3.05) is 6.54 Å². The summed E-state index contributed by atoms with van der Waals surface area (Å²) in [4.78, 5) is 0. The lowest BCUT2D eigenvalue weighted by molar-refractivity contribution is 0.384. The van der Waals surface area contributed by atoms with Crippen molar-refractivity contribution in [3.8, 4) is 0 Å². The number of rotatable bonds is 3. The minimum atomic E-state index is 0.831. The van der Waals surface area contributed by atoms with Crippen molar-refractivity contribution in [1.29, 1.82) is 0 Å². The summed E-state index contributed by atoms with van der Waals surface area (Å²) in [5.41, 5.74) is 7.10. The highest BCUT2D eigenvalue weighted by Gasteiger charge is 2.17. The Morgan fingerprint density at radius 3 is 3.00 bits per heavy atom. The van der Waals surface area contributed by atoms with Crippen LogP contribution in [0.5, 0.6) is 0 Å². The zero-order valence-electron chi connectivity index (χ0n) is 8.34. The first-order chi connectivity index (χ1) is 5.74. The largest absolute Gasteiger partial charge is 0.330 e. The summed E-state index contributed by atoms with van der Waals surface area (Å²) in [6, 6.07) is 0. The molecule has 0 aromatic carbocycles. The van der Waals surface area contributed by atoms with Gasteiger partial charge in [-0.1, -0.05) is 18.6 Å². The average Bonchev–Trinajstić information content (AvgIpc) is 2.07. The molecule has 2 unspecified atom stereocenters. The standard InChI is InChI=1S/C11H21N/c1-9-5-6-10(2)11(8-9)4-3-7-12/h6,9,11H,3-5,7-8,12H2,1-2H3. The van der Waals surface area contributed by atoms with Crippen molar-refractivity contribution in [2.45, 2.75) is 39.5 Å². The van der Waals surface area contributed by atoms with Gasteiger partial charge < -0.3 is 5.73 Å². The van der Waals surface area contributed by atoms with Gasteiger partial charge in [0.1, 0.15) is 0 Å². The van der Waals surface area contributed by atoms with E-state index in [9.17, 15) is 0 Å². The fraction of sp³-hybridized carbons (Fsp3) is 0.818. The first-order valence-electron chi connectivity index (χ1n) is 5.10. The van der Waals surface area contributed by atoms with Crippen LogP contribution in [0.25, 0.3) is 0 Å². The highest BCUT2D eigenvalue weighted by Crippen LogP contribution is 2.31. The molecule has 70 valence electrons. The molecular weight excluding hydrogens is 146 g/mol. The predicted molar refractivity (Wildman–Crippen MR) is 53.9 cm³/mol. The molecule has 1 heteroatoms. The normalized spacial score (nSPS) is 30.1. The second-order valence-electron chi connectivity index (χ2n) is 4.15. The molecule has 0 radical (unpaired) electrons. The van der Waals surface area contributed by atoms with Gasteiger partial charge in [-0.15, -0.1) is 0 Å². The van der Waals surface area contributed by atoms with Gasteiger partial charge in [0.2, 0.25) is 0 Å². The third-order valence-electron chi connectivity index (χ3n) is 2.93. The molecule has 0 aromatic heterocycles. The molecule has 1 rings (SSSR count). The van der Waals surface area contributed by atoms with Crippen molar-refractivity contribution in [3.63, 3.8) is 0 Å². The van der Waals surface area contributed by atoms with Crippen LogP contribution in [0.1, 0.15) is 39.5 Å². The van der Waals surface area contributed by atoms with E-state index in [1.54, 1.807) is 5.57 Å². The molecule has 0 aliphatic heterocycles. The summed E-state index contributed by atoms with van der Waals surface area (Å²) in [5, 5.41) is 0. The van der Waals surface area contributed by atoms with Crippen molar-refractivity contribution in [2.24, 2.45) is 17.6 Å². The lowest BCUT2D eigenvalue weighted by Gasteiger charge is -2.26. The Morgan fingerprint density at radius 2 is 2.33 bits per heavy atom. The molecule has 0 aromatic rings. The Hall–Kier alpha value is -0.300. The van der Waals surface area contributed by atoms with E-state index >= 15 is 0 Å². The quantitative estimate of drug-likeness (QED) is 0.643. The molecule has 0 saturated heterocycles. The zero-order chi connectivity index (χ0) is 8.97. The van der Waals surface area contributed by atoms with Crippen LogP contribution in [0.2, 0.25) is 0 Å². The summed E-state index contributed by atoms with van der Waals surface area (Å²) in [7, 11) is 0. The summed E-state index contributed by atoms with van der Waals surface area (Å²) < 4.78 is 0. The van der Waals surface area contributed by atoms with Crippen LogP contribution in [0.3, 0.4) is 0 Å². The van der Waals surface area contributed by atoms with Crippen molar-refractivity contribution < 1.29 is 0 Å². The Bertz CT molecular complexity index is 160. The smallest absolute Gasteiger partial charge is 0.00771 e. The maximum Gasteiger partial charge on any atom is -0.00771 e. The van der Waals surface area contributed by atoms with Gasteiger partial charge in [0.05, 0.1) is 0 Å². The average molecular weight is 167 g/mol. The highest BCUT2D eigenvalue weighted by atomic mass is 14.5. The van der Waals surface area contributed by atoms with Gasteiger partial charge in [0.25, 0.3) is 0 Å². The minimum absolute atomic E-state index is 0.831. The predicted octanol–water partition coefficient (Wildman–Crippen LogP) is 2.72. The molecule has 2 atom stereocenters. The van der Waals surface area contributed by atoms with E-state index in [4.69, 9.17) is 5.73 Å². The van der Waals surface area contributed by atoms with E-state index in [1.165, 1.54) is 25.7 Å². The number of hydrogen-bond donors (Lipinski definition) is 1. The molecule has 2 N–H and O–H groups in total. The van der Waals surface area contributed by atoms with Crippen LogP contribution in [-0.2, 0) is 0 Å². The lowest BCUT2D eigenvalue weighted by atomic mass is 9.80. The van der Waals surface area contributed by atoms with E-state index in [-0.39, 0.29) is 0 Å². The molecule has 12 heavy (non-hydrogen) atoms. The van der Waals surface area contributed by atoms with E-state index < -0.39 is 0 Å². The number of nitrogens with two attached hydrogens (primary N) is 1. The molecule has 0 fully saturated rings. The zero-order valence-corrected chi connectivity index (χ0v) is 8.34. The Balaban J connectivity index is 2.40. The van der Waals surface area contributed by atoms with E-state index in [0.29, 0.717) is 0 Å². The second kappa shape index (κ2) is 4.66. The van der Waals surface area contributed by atoms with Crippen LogP contribution < -0.4 is 5.73 Å². The third kappa shape index (κ3) is 2.63. The van der Waals surface area contributed by atoms with Gasteiger partial charge >= 0.3 is 0 Å². The molecule has 1 aliphatic carbocycles. The molecule has 0 bridgehead atoms. The van der Waals surface area contributed by atoms with Crippen LogP contribution in [0.15, 0.2) is 11.6 Å². The first-order valence-corrected chi connectivity index (χ1v) is 5.10. The molecule has 0 saturated carbocycles. The summed E-state index contributed by atoms with van der Waals surface area (Å²) in [6.45, 7) is 5.46. The Kier molecular flexibility index (Phi) is 3.80. The molecule has 0 spiro atoms. The monoisotopic (exact) mass is 167 g/mol. The van der Waals surface area contributed by atoms with Gasteiger partial charge in [-0.25, -0.2) is 0 Å². The van der Waals surface area contributed by atoms with Crippen molar-refractivity contribution >= 4 is 0 Å². The molecular formula is C11H21N. The molecule has 0 heterocycles. The summed E-state index contributed by atoms with van der Waals surface area (Å²) in [6.07, 6.45) is 7.55. The van der Waals surface area contributed by atoms with E-state index in [2.05, 4.69) is 19.9 Å². The van der Waals surface area contributed by atoms with Gasteiger partial charge in [-0.2, -0.15) is 0 Å².